The van der Waals surface area contributed by atoms with E-state index >= 15 is 0 Å². The third-order valence-corrected chi connectivity index (χ3v) is 9.81. The number of thioether (sulfide) groups is 1. The second-order valence-electron chi connectivity index (χ2n) is 10.4. The lowest BCUT2D eigenvalue weighted by molar-refractivity contribution is -0.154. The van der Waals surface area contributed by atoms with E-state index in [-0.39, 0.29) is 30.9 Å². The van der Waals surface area contributed by atoms with Gasteiger partial charge in [0.05, 0.1) is 23.2 Å². The number of fused-ring (bicyclic) bond motifs is 2. The molecule has 1 unspecified atom stereocenters. The van der Waals surface area contributed by atoms with Crippen molar-refractivity contribution < 1.29 is 24.2 Å². The third kappa shape index (κ3) is 3.72. The highest BCUT2D eigenvalue weighted by Crippen LogP contribution is 2.65. The first-order valence-electron chi connectivity index (χ1n) is 12.8. The van der Waals surface area contributed by atoms with Gasteiger partial charge >= 0.3 is 5.97 Å². The summed E-state index contributed by atoms with van der Waals surface area (Å²) in [7, 11) is 0. The maximum atomic E-state index is 14.5. The molecule has 36 heavy (non-hydrogen) atoms. The molecule has 1 aromatic carbocycles. The van der Waals surface area contributed by atoms with Crippen LogP contribution in [0, 0.1) is 25.7 Å². The first-order chi connectivity index (χ1) is 17.2. The zero-order valence-corrected chi connectivity index (χ0v) is 21.9. The van der Waals surface area contributed by atoms with Gasteiger partial charge in [-0.15, -0.1) is 11.8 Å². The number of anilines is 1. The zero-order chi connectivity index (χ0) is 25.7. The summed E-state index contributed by atoms with van der Waals surface area (Å²) >= 11 is 1.55. The van der Waals surface area contributed by atoms with Gasteiger partial charge < -0.3 is 19.6 Å². The van der Waals surface area contributed by atoms with Crippen molar-refractivity contribution in [3.63, 3.8) is 0 Å². The Balaban J connectivity index is 1.66. The molecule has 1 N–H and O–H groups in total. The number of esters is 1. The first kappa shape index (κ1) is 25.1. The van der Waals surface area contributed by atoms with Crippen LogP contribution in [0.25, 0.3) is 0 Å². The van der Waals surface area contributed by atoms with Crippen LogP contribution in [0.5, 0.6) is 0 Å². The number of ether oxygens (including phenoxy) is 1. The Labute approximate surface area is 216 Å². The van der Waals surface area contributed by atoms with E-state index in [1.807, 2.05) is 51.1 Å². The molecule has 2 fully saturated rings. The van der Waals surface area contributed by atoms with Crippen LogP contribution in [-0.4, -0.2) is 69.6 Å². The highest BCUT2D eigenvalue weighted by molar-refractivity contribution is 8.02. The van der Waals surface area contributed by atoms with Gasteiger partial charge in [0.15, 0.2) is 0 Å². The molecule has 1 spiro atoms. The molecule has 0 radical (unpaired) electrons. The largest absolute Gasteiger partial charge is 0.465 e. The highest BCUT2D eigenvalue weighted by Gasteiger charge is 2.73. The first-order valence-corrected chi connectivity index (χ1v) is 13.6. The van der Waals surface area contributed by atoms with Gasteiger partial charge in [-0.2, -0.15) is 0 Å². The van der Waals surface area contributed by atoms with Crippen LogP contribution in [0.3, 0.4) is 0 Å². The van der Waals surface area contributed by atoms with Crippen molar-refractivity contribution in [1.82, 2.24) is 4.90 Å². The third-order valence-electron chi connectivity index (χ3n) is 8.02. The number of carbonyl (C=O) groups is 3. The number of amides is 2. The molecule has 8 heteroatoms. The Bertz CT molecular complexity index is 1130. The number of para-hydroxylation sites is 1. The van der Waals surface area contributed by atoms with Crippen LogP contribution < -0.4 is 4.90 Å². The number of nitrogens with zero attached hydrogens (tertiary/aromatic N) is 2. The van der Waals surface area contributed by atoms with Crippen LogP contribution in [0.4, 0.5) is 5.69 Å². The van der Waals surface area contributed by atoms with Gasteiger partial charge in [0.2, 0.25) is 5.91 Å². The normalized spacial score (nSPS) is 34.8. The van der Waals surface area contributed by atoms with Crippen LogP contribution in [0.2, 0.25) is 0 Å². The number of rotatable bonds is 4. The summed E-state index contributed by atoms with van der Waals surface area (Å²) in [6.07, 6.45) is 10.0. The SMILES string of the molecule is Cc1cccc(C)c1N1CC=C[C@]23S[C@@]4(C)/C=C\CCCOC(=O)[C@H]4[C@H]2C(=O)N(CCCO)C3C1=O. The van der Waals surface area contributed by atoms with Gasteiger partial charge in [-0.25, -0.2) is 0 Å². The monoisotopic (exact) mass is 510 g/mol. The number of aliphatic hydroxyl groups is 1. The maximum Gasteiger partial charge on any atom is 0.311 e. The minimum absolute atomic E-state index is 0.0854. The molecule has 0 aromatic heterocycles. The van der Waals surface area contributed by atoms with Crippen molar-refractivity contribution >= 4 is 35.2 Å². The summed E-state index contributed by atoms with van der Waals surface area (Å²) < 4.78 is 4.06. The summed E-state index contributed by atoms with van der Waals surface area (Å²) in [5.41, 5.74) is 2.84. The van der Waals surface area contributed by atoms with E-state index in [1.165, 1.54) is 0 Å². The molecule has 4 aliphatic heterocycles. The molecule has 5 rings (SSSR count). The van der Waals surface area contributed by atoms with Crippen molar-refractivity contribution in [1.29, 1.82) is 0 Å². The number of allylic oxidation sites excluding steroid dienone is 1. The van der Waals surface area contributed by atoms with Gasteiger partial charge in [-0.1, -0.05) is 42.5 Å². The number of hydrogen-bond acceptors (Lipinski definition) is 6. The number of cyclic esters (lactones) is 1. The Morgan fingerprint density at radius 1 is 1.08 bits per heavy atom. The lowest BCUT2D eigenvalue weighted by Crippen LogP contribution is -2.54. The van der Waals surface area contributed by atoms with E-state index in [9.17, 15) is 19.5 Å². The van der Waals surface area contributed by atoms with Gasteiger partial charge in [-0.05, 0) is 51.2 Å². The smallest absolute Gasteiger partial charge is 0.311 e. The van der Waals surface area contributed by atoms with Crippen molar-refractivity contribution in [3.8, 4) is 0 Å². The molecule has 192 valence electrons. The zero-order valence-electron chi connectivity index (χ0n) is 21.1. The molecule has 0 saturated carbocycles. The molecule has 4 heterocycles. The fourth-order valence-electron chi connectivity index (χ4n) is 6.55. The van der Waals surface area contributed by atoms with Crippen molar-refractivity contribution in [2.24, 2.45) is 11.8 Å². The van der Waals surface area contributed by atoms with Crippen LogP contribution in [-0.2, 0) is 19.1 Å². The fourth-order valence-corrected chi connectivity index (χ4v) is 8.70. The standard InChI is InChI=1S/C28H34N2O5S/c1-18-10-7-11-19(2)22(18)29-14-8-13-28-20(24(32)30(15-9-16-31)23(28)25(29)33)21-26(34)35-17-6-4-5-12-27(21,3)36-28/h5,7-8,10-13,20-21,23,31H,4,6,9,14-17H2,1-3H3/b12-5-/t20-,21+,23?,27-,28-/m0/s1. The molecule has 0 bridgehead atoms. The predicted octanol–water partition coefficient (Wildman–Crippen LogP) is 3.17. The molecule has 1 aromatic rings. The maximum absolute atomic E-state index is 14.5. The molecular weight excluding hydrogens is 476 g/mol. The second kappa shape index (κ2) is 9.38. The second-order valence-corrected chi connectivity index (χ2v) is 12.2. The predicted molar refractivity (Wildman–Crippen MR) is 140 cm³/mol. The van der Waals surface area contributed by atoms with E-state index in [0.717, 1.165) is 29.7 Å². The van der Waals surface area contributed by atoms with Crippen LogP contribution in [0.1, 0.15) is 37.3 Å². The van der Waals surface area contributed by atoms with Crippen LogP contribution in [0.15, 0.2) is 42.5 Å². The Hall–Kier alpha value is -2.58. The molecule has 2 saturated heterocycles. The Morgan fingerprint density at radius 2 is 1.83 bits per heavy atom. The Kier molecular flexibility index (Phi) is 6.53. The summed E-state index contributed by atoms with van der Waals surface area (Å²) in [4.78, 5) is 45.4. The lowest BCUT2D eigenvalue weighted by Gasteiger charge is -2.37. The summed E-state index contributed by atoms with van der Waals surface area (Å²) in [6, 6.07) is 5.17. The molecule has 4 aliphatic rings. The van der Waals surface area contributed by atoms with E-state index in [4.69, 9.17) is 4.74 Å². The number of benzene rings is 1. The average molecular weight is 511 g/mol. The molecule has 0 aliphatic carbocycles. The van der Waals surface area contributed by atoms with E-state index in [2.05, 4.69) is 12.2 Å². The number of carbonyl (C=O) groups excluding carboxylic acids is 3. The van der Waals surface area contributed by atoms with Gasteiger partial charge in [0.1, 0.15) is 6.04 Å². The molecule has 2 amide bonds. The topological polar surface area (TPSA) is 87.2 Å². The fraction of sp³-hybridized carbons (Fsp3) is 0.536. The minimum atomic E-state index is -0.906. The van der Waals surface area contributed by atoms with Gasteiger partial charge in [0, 0.05) is 30.1 Å². The average Bonchev–Trinajstić information content (AvgIpc) is 3.18. The molecule has 5 atom stereocenters. The van der Waals surface area contributed by atoms with Gasteiger partial charge in [-0.3, -0.25) is 14.4 Å². The van der Waals surface area contributed by atoms with Crippen molar-refractivity contribution in [3.05, 3.63) is 53.6 Å². The molecular formula is C28H34N2O5S. The highest BCUT2D eigenvalue weighted by atomic mass is 32.2. The summed E-state index contributed by atoms with van der Waals surface area (Å²) in [5.74, 6) is -2.14. The number of aryl methyl sites for hydroxylation is 2. The minimum Gasteiger partial charge on any atom is -0.465 e. The van der Waals surface area contributed by atoms with E-state index < -0.39 is 27.4 Å². The molecule has 7 nitrogen and oxygen atoms in total. The number of hydrogen-bond donors (Lipinski definition) is 1. The van der Waals surface area contributed by atoms with E-state index in [1.54, 1.807) is 21.6 Å². The van der Waals surface area contributed by atoms with Crippen molar-refractivity contribution in [2.45, 2.75) is 55.6 Å². The summed E-state index contributed by atoms with van der Waals surface area (Å²) in [6.45, 7) is 6.85. The van der Waals surface area contributed by atoms with E-state index in [0.29, 0.717) is 19.6 Å². The quantitative estimate of drug-likeness (QED) is 0.495. The van der Waals surface area contributed by atoms with Crippen molar-refractivity contribution in [2.75, 3.05) is 31.2 Å². The number of aliphatic hydroxyl groups excluding tert-OH is 1. The number of likely N-dealkylation sites (tertiary alicyclic amines) is 1. The summed E-state index contributed by atoms with van der Waals surface area (Å²) in [5, 5.41) is 9.57. The lowest BCUT2D eigenvalue weighted by atomic mass is 9.74. The Morgan fingerprint density at radius 3 is 2.56 bits per heavy atom. The van der Waals surface area contributed by atoms with Gasteiger partial charge in [0.25, 0.3) is 5.91 Å². The van der Waals surface area contributed by atoms with Crippen LogP contribution >= 0.6 is 11.8 Å².